The number of hydrogen-bond acceptors (Lipinski definition) is 3. The third kappa shape index (κ3) is 1.39. The van der Waals surface area contributed by atoms with Crippen LogP contribution in [0.1, 0.15) is 11.1 Å². The summed E-state index contributed by atoms with van der Waals surface area (Å²) >= 11 is 0. The molecule has 0 unspecified atom stereocenters. The quantitative estimate of drug-likeness (QED) is 0.659. The van der Waals surface area contributed by atoms with Crippen molar-refractivity contribution >= 4 is 17.5 Å². The monoisotopic (exact) mass is 212 g/mol. The molecule has 1 aromatic rings. The van der Waals surface area contributed by atoms with Gasteiger partial charge in [-0.2, -0.15) is 5.26 Å². The molecule has 4 nitrogen and oxygen atoms in total. The van der Waals surface area contributed by atoms with Crippen molar-refractivity contribution in [3.05, 3.63) is 41.5 Å². The molecule has 0 radical (unpaired) electrons. The van der Waals surface area contributed by atoms with Crippen molar-refractivity contribution in [1.29, 1.82) is 5.26 Å². The van der Waals surface area contributed by atoms with Crippen molar-refractivity contribution in [2.45, 2.75) is 6.92 Å². The number of carbonyl (C=O) groups is 2. The van der Waals surface area contributed by atoms with Gasteiger partial charge in [0.15, 0.2) is 0 Å². The molecule has 0 saturated carbocycles. The van der Waals surface area contributed by atoms with Crippen LogP contribution in [0, 0.1) is 18.3 Å². The van der Waals surface area contributed by atoms with Crippen molar-refractivity contribution in [2.75, 3.05) is 4.90 Å². The van der Waals surface area contributed by atoms with Gasteiger partial charge in [0, 0.05) is 12.2 Å². The summed E-state index contributed by atoms with van der Waals surface area (Å²) < 4.78 is 0. The molecule has 0 aromatic heterocycles. The zero-order chi connectivity index (χ0) is 11.7. The minimum atomic E-state index is -0.410. The van der Waals surface area contributed by atoms with E-state index in [-0.39, 0.29) is 0 Å². The number of hydrogen-bond donors (Lipinski definition) is 0. The van der Waals surface area contributed by atoms with Crippen LogP contribution in [0.25, 0.3) is 0 Å². The second kappa shape index (κ2) is 3.63. The Bertz CT molecular complexity index is 535. The first-order valence-corrected chi connectivity index (χ1v) is 4.71. The van der Waals surface area contributed by atoms with Crippen molar-refractivity contribution in [1.82, 2.24) is 0 Å². The Hall–Kier alpha value is -2.41. The highest BCUT2D eigenvalue weighted by Crippen LogP contribution is 2.25. The molecule has 2 amide bonds. The van der Waals surface area contributed by atoms with Crippen LogP contribution in [0.4, 0.5) is 5.69 Å². The second-order valence-corrected chi connectivity index (χ2v) is 3.43. The molecule has 78 valence electrons. The van der Waals surface area contributed by atoms with Gasteiger partial charge in [-0.25, -0.2) is 4.90 Å². The van der Waals surface area contributed by atoms with Crippen molar-refractivity contribution in [3.8, 4) is 6.07 Å². The molecule has 1 aliphatic heterocycles. The fourth-order valence-corrected chi connectivity index (χ4v) is 1.62. The highest BCUT2D eigenvalue weighted by atomic mass is 16.2. The van der Waals surface area contributed by atoms with Crippen LogP contribution in [-0.4, -0.2) is 11.8 Å². The summed E-state index contributed by atoms with van der Waals surface area (Å²) in [6.07, 6.45) is 2.40. The van der Waals surface area contributed by atoms with E-state index in [0.29, 0.717) is 11.3 Å². The Morgan fingerprint density at radius 1 is 1.19 bits per heavy atom. The van der Waals surface area contributed by atoms with Crippen molar-refractivity contribution in [3.63, 3.8) is 0 Å². The van der Waals surface area contributed by atoms with Gasteiger partial charge in [0.2, 0.25) is 0 Å². The van der Waals surface area contributed by atoms with Gasteiger partial charge >= 0.3 is 0 Å². The zero-order valence-electron chi connectivity index (χ0n) is 8.60. The van der Waals surface area contributed by atoms with Crippen LogP contribution >= 0.6 is 0 Å². The molecular weight excluding hydrogens is 204 g/mol. The summed E-state index contributed by atoms with van der Waals surface area (Å²) in [5, 5.41) is 9.01. The second-order valence-electron chi connectivity index (χ2n) is 3.43. The van der Waals surface area contributed by atoms with Gasteiger partial charge in [-0.3, -0.25) is 9.59 Å². The Kier molecular flexibility index (Phi) is 2.29. The lowest BCUT2D eigenvalue weighted by Gasteiger charge is -2.16. The molecule has 0 N–H and O–H groups in total. The summed E-state index contributed by atoms with van der Waals surface area (Å²) in [7, 11) is 0. The van der Waals surface area contributed by atoms with Crippen LogP contribution in [0.2, 0.25) is 0 Å². The van der Waals surface area contributed by atoms with Gasteiger partial charge in [0.25, 0.3) is 11.8 Å². The predicted octanol–water partition coefficient (Wildman–Crippen LogP) is 1.30. The van der Waals surface area contributed by atoms with Crippen molar-refractivity contribution < 1.29 is 9.59 Å². The van der Waals surface area contributed by atoms with E-state index in [9.17, 15) is 9.59 Å². The van der Waals surface area contributed by atoms with Crippen LogP contribution in [0.15, 0.2) is 30.4 Å². The van der Waals surface area contributed by atoms with E-state index < -0.39 is 11.8 Å². The number of benzene rings is 1. The normalized spacial score (nSPS) is 14.4. The molecule has 1 aromatic carbocycles. The average molecular weight is 212 g/mol. The van der Waals surface area contributed by atoms with Gasteiger partial charge in [-0.05, 0) is 18.6 Å². The molecule has 0 atom stereocenters. The molecule has 4 heteroatoms. The van der Waals surface area contributed by atoms with Gasteiger partial charge < -0.3 is 0 Å². The number of carbonyl (C=O) groups excluding carboxylic acids is 2. The van der Waals surface area contributed by atoms with E-state index in [1.165, 1.54) is 12.2 Å². The molecule has 0 fully saturated rings. The van der Waals surface area contributed by atoms with Gasteiger partial charge in [-0.1, -0.05) is 12.1 Å². The highest BCUT2D eigenvalue weighted by Gasteiger charge is 2.27. The topological polar surface area (TPSA) is 61.2 Å². The van der Waals surface area contributed by atoms with Crippen LogP contribution in [0.3, 0.4) is 0 Å². The smallest absolute Gasteiger partial charge is 0.258 e. The van der Waals surface area contributed by atoms with Gasteiger partial charge in [0.1, 0.15) is 6.07 Å². The summed E-state index contributed by atoms with van der Waals surface area (Å²) in [6.45, 7) is 1.76. The lowest BCUT2D eigenvalue weighted by molar-refractivity contribution is -0.119. The highest BCUT2D eigenvalue weighted by molar-refractivity contribution is 6.28. The van der Waals surface area contributed by atoms with E-state index in [2.05, 4.69) is 0 Å². The number of aryl methyl sites for hydroxylation is 1. The fourth-order valence-electron chi connectivity index (χ4n) is 1.62. The fraction of sp³-hybridized carbons (Fsp3) is 0.0833. The molecule has 16 heavy (non-hydrogen) atoms. The minimum absolute atomic E-state index is 0.350. The van der Waals surface area contributed by atoms with E-state index in [1.807, 2.05) is 6.07 Å². The summed E-state index contributed by atoms with van der Waals surface area (Å²) in [4.78, 5) is 24.0. The van der Waals surface area contributed by atoms with E-state index in [4.69, 9.17) is 5.26 Å². The first-order chi connectivity index (χ1) is 7.65. The molecule has 1 aliphatic rings. The number of anilines is 1. The summed E-state index contributed by atoms with van der Waals surface area (Å²) in [6, 6.07) is 7.08. The number of imide groups is 1. The maximum Gasteiger partial charge on any atom is 0.258 e. The molecule has 0 bridgehead atoms. The molecule has 1 heterocycles. The maximum absolute atomic E-state index is 11.5. The largest absolute Gasteiger partial charge is 0.269 e. The molecule has 2 rings (SSSR count). The van der Waals surface area contributed by atoms with Gasteiger partial charge in [0.05, 0.1) is 11.3 Å². The maximum atomic E-state index is 11.5. The standard InChI is InChI=1S/C12H8N2O2/c1-8-3-2-4-10(9(8)7-13)14-11(15)5-6-12(14)16/h2-6H,1H3. The Morgan fingerprint density at radius 3 is 2.38 bits per heavy atom. The lowest BCUT2D eigenvalue weighted by atomic mass is 10.1. The first-order valence-electron chi connectivity index (χ1n) is 4.71. The van der Waals surface area contributed by atoms with Crippen LogP contribution in [-0.2, 0) is 9.59 Å². The average Bonchev–Trinajstić information content (AvgIpc) is 2.58. The Labute approximate surface area is 92.4 Å². The van der Waals surface area contributed by atoms with E-state index >= 15 is 0 Å². The first kappa shape index (κ1) is 10.1. The molecule has 0 aliphatic carbocycles. The lowest BCUT2D eigenvalue weighted by Crippen LogP contribution is -2.30. The molecule has 0 saturated heterocycles. The summed E-state index contributed by atoms with van der Waals surface area (Å²) in [5.74, 6) is -0.820. The summed E-state index contributed by atoms with van der Waals surface area (Å²) in [5.41, 5.74) is 1.45. The number of amides is 2. The van der Waals surface area contributed by atoms with E-state index in [1.54, 1.807) is 25.1 Å². The van der Waals surface area contributed by atoms with Crippen molar-refractivity contribution in [2.24, 2.45) is 0 Å². The number of rotatable bonds is 1. The zero-order valence-corrected chi connectivity index (χ0v) is 8.60. The SMILES string of the molecule is Cc1cccc(N2C(=O)C=CC2=O)c1C#N. The van der Waals surface area contributed by atoms with Crippen LogP contribution in [0.5, 0.6) is 0 Å². The molecular formula is C12H8N2O2. The number of nitriles is 1. The third-order valence-electron chi connectivity index (χ3n) is 2.41. The third-order valence-corrected chi connectivity index (χ3v) is 2.41. The van der Waals surface area contributed by atoms with Crippen LogP contribution < -0.4 is 4.90 Å². The number of nitrogens with zero attached hydrogens (tertiary/aromatic N) is 2. The predicted molar refractivity (Wildman–Crippen MR) is 57.5 cm³/mol. The Morgan fingerprint density at radius 2 is 1.81 bits per heavy atom. The Balaban J connectivity index is 2.58. The van der Waals surface area contributed by atoms with E-state index in [0.717, 1.165) is 10.5 Å². The molecule has 0 spiro atoms. The van der Waals surface area contributed by atoms with Gasteiger partial charge in [-0.15, -0.1) is 0 Å². The minimum Gasteiger partial charge on any atom is -0.269 e.